The van der Waals surface area contributed by atoms with Crippen molar-refractivity contribution in [3.05, 3.63) is 29.8 Å². The molecule has 0 aliphatic carbocycles. The summed E-state index contributed by atoms with van der Waals surface area (Å²) < 4.78 is 0. The fourth-order valence-electron chi connectivity index (χ4n) is 1.89. The molecule has 0 heterocycles. The lowest BCUT2D eigenvalue weighted by atomic mass is 10.0. The predicted molar refractivity (Wildman–Crippen MR) is 76.6 cm³/mol. The first kappa shape index (κ1) is 14.0. The highest BCUT2D eigenvalue weighted by Gasteiger charge is 1.97. The van der Waals surface area contributed by atoms with Crippen molar-refractivity contribution in [3.8, 4) is 0 Å². The predicted octanol–water partition coefficient (Wildman–Crippen LogP) is 3.30. The number of nitrogens with one attached hydrogen (secondary N) is 2. The molecule has 1 aromatic rings. The second kappa shape index (κ2) is 8.13. The Morgan fingerprint density at radius 2 is 1.65 bits per heavy atom. The SMILES string of the molecule is CNCCCCNc1ccc(CC(C)C)cc1. The number of hydrogen-bond acceptors (Lipinski definition) is 2. The lowest BCUT2D eigenvalue weighted by molar-refractivity contribution is 0.647. The molecule has 17 heavy (non-hydrogen) atoms. The van der Waals surface area contributed by atoms with Crippen molar-refractivity contribution in [2.45, 2.75) is 33.1 Å². The van der Waals surface area contributed by atoms with Gasteiger partial charge in [-0.05, 0) is 56.5 Å². The first-order chi connectivity index (χ1) is 8.22. The van der Waals surface area contributed by atoms with Gasteiger partial charge in [0, 0.05) is 12.2 Å². The van der Waals surface area contributed by atoms with Crippen LogP contribution in [0.25, 0.3) is 0 Å². The van der Waals surface area contributed by atoms with E-state index in [9.17, 15) is 0 Å². The van der Waals surface area contributed by atoms with Gasteiger partial charge in [0.15, 0.2) is 0 Å². The molecule has 2 N–H and O–H groups in total. The van der Waals surface area contributed by atoms with Gasteiger partial charge >= 0.3 is 0 Å². The molecule has 1 rings (SSSR count). The van der Waals surface area contributed by atoms with Crippen molar-refractivity contribution in [2.75, 3.05) is 25.5 Å². The molecule has 0 aliphatic heterocycles. The monoisotopic (exact) mass is 234 g/mol. The zero-order chi connectivity index (χ0) is 12.5. The van der Waals surface area contributed by atoms with E-state index in [2.05, 4.69) is 48.7 Å². The Bertz CT molecular complexity index is 290. The minimum absolute atomic E-state index is 0.732. The summed E-state index contributed by atoms with van der Waals surface area (Å²) in [5, 5.41) is 6.62. The molecule has 0 amide bonds. The average Bonchev–Trinajstić information content (AvgIpc) is 2.30. The van der Waals surface area contributed by atoms with Crippen LogP contribution in [0.3, 0.4) is 0 Å². The lowest BCUT2D eigenvalue weighted by Gasteiger charge is -2.08. The fourth-order valence-corrected chi connectivity index (χ4v) is 1.89. The van der Waals surface area contributed by atoms with Crippen molar-refractivity contribution in [1.29, 1.82) is 0 Å². The second-order valence-corrected chi connectivity index (χ2v) is 5.03. The van der Waals surface area contributed by atoms with E-state index in [0.29, 0.717) is 0 Å². The Morgan fingerprint density at radius 1 is 1.00 bits per heavy atom. The normalized spacial score (nSPS) is 10.8. The second-order valence-electron chi connectivity index (χ2n) is 5.03. The number of hydrogen-bond donors (Lipinski definition) is 2. The smallest absolute Gasteiger partial charge is 0.0340 e. The van der Waals surface area contributed by atoms with Crippen LogP contribution in [-0.2, 0) is 6.42 Å². The van der Waals surface area contributed by atoms with Crippen molar-refractivity contribution in [3.63, 3.8) is 0 Å². The third-order valence-corrected chi connectivity index (χ3v) is 2.78. The highest BCUT2D eigenvalue weighted by atomic mass is 14.9. The van der Waals surface area contributed by atoms with E-state index in [0.717, 1.165) is 19.0 Å². The number of rotatable bonds is 8. The van der Waals surface area contributed by atoms with Gasteiger partial charge in [0.25, 0.3) is 0 Å². The van der Waals surface area contributed by atoms with Gasteiger partial charge in [-0.1, -0.05) is 26.0 Å². The van der Waals surface area contributed by atoms with Gasteiger partial charge in [-0.2, -0.15) is 0 Å². The van der Waals surface area contributed by atoms with Gasteiger partial charge in [0.2, 0.25) is 0 Å². The van der Waals surface area contributed by atoms with E-state index < -0.39 is 0 Å². The van der Waals surface area contributed by atoms with Gasteiger partial charge in [-0.3, -0.25) is 0 Å². The molecular formula is C15H26N2. The van der Waals surface area contributed by atoms with E-state index >= 15 is 0 Å². The van der Waals surface area contributed by atoms with E-state index in [1.165, 1.54) is 30.5 Å². The summed E-state index contributed by atoms with van der Waals surface area (Å²) in [6.07, 6.45) is 3.62. The Hall–Kier alpha value is -1.02. The van der Waals surface area contributed by atoms with Crippen LogP contribution in [0.5, 0.6) is 0 Å². The molecule has 0 fully saturated rings. The molecule has 96 valence electrons. The maximum atomic E-state index is 3.46. The third-order valence-electron chi connectivity index (χ3n) is 2.78. The molecule has 1 aromatic carbocycles. The van der Waals surface area contributed by atoms with Crippen molar-refractivity contribution in [2.24, 2.45) is 5.92 Å². The minimum atomic E-state index is 0.732. The summed E-state index contributed by atoms with van der Waals surface area (Å²) in [7, 11) is 2.00. The Morgan fingerprint density at radius 3 is 2.24 bits per heavy atom. The van der Waals surface area contributed by atoms with Gasteiger partial charge < -0.3 is 10.6 Å². The molecule has 0 atom stereocenters. The average molecular weight is 234 g/mol. The number of anilines is 1. The van der Waals surface area contributed by atoms with Crippen LogP contribution < -0.4 is 10.6 Å². The molecule has 0 bridgehead atoms. The van der Waals surface area contributed by atoms with Crippen LogP contribution >= 0.6 is 0 Å². The quantitative estimate of drug-likeness (QED) is 0.674. The zero-order valence-electron chi connectivity index (χ0n) is 11.4. The summed E-state index contributed by atoms with van der Waals surface area (Å²) in [6, 6.07) is 8.84. The molecule has 2 heteroatoms. The van der Waals surface area contributed by atoms with Crippen LogP contribution in [0, 0.1) is 5.92 Å². The van der Waals surface area contributed by atoms with Crippen molar-refractivity contribution in [1.82, 2.24) is 5.32 Å². The molecule has 0 aliphatic rings. The lowest BCUT2D eigenvalue weighted by Crippen LogP contribution is -2.10. The summed E-state index contributed by atoms with van der Waals surface area (Å²) >= 11 is 0. The molecular weight excluding hydrogens is 208 g/mol. The molecule has 0 spiro atoms. The van der Waals surface area contributed by atoms with Gasteiger partial charge in [0.05, 0.1) is 0 Å². The van der Waals surface area contributed by atoms with Crippen LogP contribution in [0.2, 0.25) is 0 Å². The maximum absolute atomic E-state index is 3.46. The Labute approximate surface area is 106 Å². The van der Waals surface area contributed by atoms with Gasteiger partial charge in [-0.25, -0.2) is 0 Å². The standard InChI is InChI=1S/C15H26N2/c1-13(2)12-14-6-8-15(9-7-14)17-11-5-4-10-16-3/h6-9,13,16-17H,4-5,10-12H2,1-3H3. The highest BCUT2D eigenvalue weighted by molar-refractivity contribution is 5.44. The molecule has 0 saturated carbocycles. The molecule has 0 radical (unpaired) electrons. The zero-order valence-corrected chi connectivity index (χ0v) is 11.4. The maximum Gasteiger partial charge on any atom is 0.0340 e. The van der Waals surface area contributed by atoms with E-state index in [1.807, 2.05) is 7.05 Å². The molecule has 0 aromatic heterocycles. The largest absolute Gasteiger partial charge is 0.385 e. The number of benzene rings is 1. The molecule has 0 unspecified atom stereocenters. The third kappa shape index (κ3) is 6.32. The van der Waals surface area contributed by atoms with Crippen LogP contribution in [0.1, 0.15) is 32.3 Å². The fraction of sp³-hybridized carbons (Fsp3) is 0.600. The summed E-state index contributed by atoms with van der Waals surface area (Å²) in [5.74, 6) is 0.732. The Balaban J connectivity index is 2.25. The van der Waals surface area contributed by atoms with E-state index in [-0.39, 0.29) is 0 Å². The summed E-state index contributed by atoms with van der Waals surface area (Å²) in [4.78, 5) is 0. The van der Waals surface area contributed by atoms with Crippen LogP contribution in [0.4, 0.5) is 5.69 Å². The highest BCUT2D eigenvalue weighted by Crippen LogP contribution is 2.13. The summed E-state index contributed by atoms with van der Waals surface area (Å²) in [6.45, 7) is 6.68. The van der Waals surface area contributed by atoms with Crippen LogP contribution in [-0.4, -0.2) is 20.1 Å². The van der Waals surface area contributed by atoms with Crippen molar-refractivity contribution < 1.29 is 0 Å². The first-order valence-electron chi connectivity index (χ1n) is 6.69. The molecule has 2 nitrogen and oxygen atoms in total. The number of unbranched alkanes of at least 4 members (excludes halogenated alkanes) is 1. The van der Waals surface area contributed by atoms with E-state index in [1.54, 1.807) is 0 Å². The minimum Gasteiger partial charge on any atom is -0.385 e. The topological polar surface area (TPSA) is 24.1 Å². The summed E-state index contributed by atoms with van der Waals surface area (Å²) in [5.41, 5.74) is 2.67. The Kier molecular flexibility index (Phi) is 6.71. The van der Waals surface area contributed by atoms with Crippen molar-refractivity contribution >= 4 is 5.69 Å². The van der Waals surface area contributed by atoms with Crippen LogP contribution in [0.15, 0.2) is 24.3 Å². The first-order valence-corrected chi connectivity index (χ1v) is 6.69. The molecule has 0 saturated heterocycles. The van der Waals surface area contributed by atoms with Gasteiger partial charge in [-0.15, -0.1) is 0 Å². The van der Waals surface area contributed by atoms with E-state index in [4.69, 9.17) is 0 Å². The van der Waals surface area contributed by atoms with Gasteiger partial charge in [0.1, 0.15) is 0 Å².